The van der Waals surface area contributed by atoms with Crippen molar-refractivity contribution in [3.8, 4) is 0 Å². The first-order valence-corrected chi connectivity index (χ1v) is 6.11. The Morgan fingerprint density at radius 2 is 1.83 bits per heavy atom. The zero-order valence-corrected chi connectivity index (χ0v) is 11.2. The molecule has 0 aliphatic rings. The molecule has 1 unspecified atom stereocenters. The molecule has 0 fully saturated rings. The first-order valence-electron chi connectivity index (χ1n) is 6.11. The summed E-state index contributed by atoms with van der Waals surface area (Å²) < 4.78 is 10.1. The minimum atomic E-state index is -0.401. The lowest BCUT2D eigenvalue weighted by atomic mass is 9.96. The average Bonchev–Trinajstić information content (AvgIpc) is 2.42. The normalized spacial score (nSPS) is 12.4. The van der Waals surface area contributed by atoms with Crippen LogP contribution >= 0.6 is 0 Å². The molecule has 1 N–H and O–H groups in total. The van der Waals surface area contributed by atoms with Gasteiger partial charge in [-0.25, -0.2) is 0 Å². The third-order valence-electron chi connectivity index (χ3n) is 2.90. The van der Waals surface area contributed by atoms with Crippen molar-refractivity contribution in [2.24, 2.45) is 0 Å². The summed E-state index contributed by atoms with van der Waals surface area (Å²) in [4.78, 5) is 12.1. The Bertz CT molecular complexity index is 349. The predicted octanol–water partition coefficient (Wildman–Crippen LogP) is 1.92. The molecule has 0 aromatic heterocycles. The maximum absolute atomic E-state index is 12.1. The maximum Gasteiger partial charge on any atom is 0.227 e. The van der Waals surface area contributed by atoms with Gasteiger partial charge in [-0.2, -0.15) is 0 Å². The topological polar surface area (TPSA) is 47.6 Å². The van der Waals surface area contributed by atoms with Crippen molar-refractivity contribution in [2.45, 2.75) is 25.6 Å². The molecule has 1 rings (SSSR count). The van der Waals surface area contributed by atoms with Crippen LogP contribution < -0.4 is 5.32 Å². The number of hydrogen-bond donors (Lipinski definition) is 1. The molecule has 1 aromatic carbocycles. The Kier molecular flexibility index (Phi) is 6.39. The zero-order valence-electron chi connectivity index (χ0n) is 11.2. The van der Waals surface area contributed by atoms with Crippen LogP contribution in [0.4, 0.5) is 0 Å². The van der Waals surface area contributed by atoms with Crippen LogP contribution in [0.2, 0.25) is 0 Å². The Morgan fingerprint density at radius 1 is 1.22 bits per heavy atom. The number of rotatable bonds is 7. The molecule has 0 heterocycles. The van der Waals surface area contributed by atoms with Crippen LogP contribution in [0.3, 0.4) is 0 Å². The highest BCUT2D eigenvalue weighted by atomic mass is 16.7. The summed E-state index contributed by atoms with van der Waals surface area (Å²) in [7, 11) is 3.10. The lowest BCUT2D eigenvalue weighted by molar-refractivity contribution is -0.128. The second kappa shape index (κ2) is 7.84. The lowest BCUT2D eigenvalue weighted by Crippen LogP contribution is -2.36. The summed E-state index contributed by atoms with van der Waals surface area (Å²) in [5, 5.41) is 2.85. The molecule has 0 bridgehead atoms. The molecule has 0 saturated heterocycles. The average molecular weight is 251 g/mol. The number of nitrogens with one attached hydrogen (secondary N) is 1. The minimum absolute atomic E-state index is 0.00259. The van der Waals surface area contributed by atoms with Gasteiger partial charge in [0.05, 0.1) is 12.5 Å². The van der Waals surface area contributed by atoms with Gasteiger partial charge in [0.25, 0.3) is 0 Å². The van der Waals surface area contributed by atoms with Crippen LogP contribution in [0, 0.1) is 0 Å². The largest absolute Gasteiger partial charge is 0.354 e. The second-order valence-electron chi connectivity index (χ2n) is 4.02. The summed E-state index contributed by atoms with van der Waals surface area (Å²) in [6.07, 6.45) is 0.364. The first kappa shape index (κ1) is 14.7. The van der Waals surface area contributed by atoms with E-state index in [1.54, 1.807) is 14.2 Å². The molecule has 0 aliphatic carbocycles. The quantitative estimate of drug-likeness (QED) is 0.753. The highest BCUT2D eigenvalue weighted by molar-refractivity contribution is 5.83. The van der Waals surface area contributed by atoms with Crippen LogP contribution in [0.15, 0.2) is 30.3 Å². The van der Waals surface area contributed by atoms with Gasteiger partial charge in [0, 0.05) is 14.2 Å². The predicted molar refractivity (Wildman–Crippen MR) is 70.3 cm³/mol. The fourth-order valence-corrected chi connectivity index (χ4v) is 1.83. The molecule has 1 aromatic rings. The van der Waals surface area contributed by atoms with Gasteiger partial charge >= 0.3 is 0 Å². The number of carbonyl (C=O) groups excluding carboxylic acids is 1. The van der Waals surface area contributed by atoms with E-state index >= 15 is 0 Å². The van der Waals surface area contributed by atoms with Crippen molar-refractivity contribution in [3.63, 3.8) is 0 Å². The third kappa shape index (κ3) is 4.13. The monoisotopic (exact) mass is 251 g/mol. The molecule has 0 spiro atoms. The third-order valence-corrected chi connectivity index (χ3v) is 2.90. The van der Waals surface area contributed by atoms with Gasteiger partial charge in [0.15, 0.2) is 6.29 Å². The maximum atomic E-state index is 12.1. The highest BCUT2D eigenvalue weighted by Gasteiger charge is 2.19. The van der Waals surface area contributed by atoms with E-state index in [0.717, 1.165) is 12.0 Å². The molecule has 1 amide bonds. The van der Waals surface area contributed by atoms with Gasteiger partial charge in [-0.15, -0.1) is 0 Å². The molecule has 4 heteroatoms. The van der Waals surface area contributed by atoms with Crippen LogP contribution in [0.5, 0.6) is 0 Å². The van der Waals surface area contributed by atoms with Crippen LogP contribution in [-0.4, -0.2) is 33.0 Å². The van der Waals surface area contributed by atoms with Crippen molar-refractivity contribution in [1.29, 1.82) is 0 Å². The fraction of sp³-hybridized carbons (Fsp3) is 0.500. The molecule has 0 radical (unpaired) electrons. The van der Waals surface area contributed by atoms with E-state index in [4.69, 9.17) is 9.47 Å². The van der Waals surface area contributed by atoms with Crippen molar-refractivity contribution in [1.82, 2.24) is 5.32 Å². The number of hydrogen-bond acceptors (Lipinski definition) is 3. The molecule has 0 saturated carbocycles. The number of methoxy groups -OCH3 is 2. The van der Waals surface area contributed by atoms with Crippen LogP contribution in [0.25, 0.3) is 0 Å². The molecule has 1 atom stereocenters. The van der Waals surface area contributed by atoms with Crippen molar-refractivity contribution < 1.29 is 14.3 Å². The molecular weight excluding hydrogens is 230 g/mol. The summed E-state index contributed by atoms with van der Waals surface area (Å²) in [6.45, 7) is 2.36. The van der Waals surface area contributed by atoms with Crippen molar-refractivity contribution in [2.75, 3.05) is 20.8 Å². The van der Waals surface area contributed by atoms with E-state index in [1.807, 2.05) is 37.3 Å². The number of amides is 1. The smallest absolute Gasteiger partial charge is 0.227 e. The van der Waals surface area contributed by atoms with Crippen LogP contribution in [0.1, 0.15) is 24.8 Å². The standard InChI is InChI=1S/C14H21NO3/c1-4-12(11-8-6-5-7-9-11)14(16)15-10-13(17-2)18-3/h5-9,12-13H,4,10H2,1-3H3,(H,15,16). The minimum Gasteiger partial charge on any atom is -0.354 e. The number of benzene rings is 1. The summed E-state index contributed by atoms with van der Waals surface area (Å²) in [6, 6.07) is 9.77. The molecule has 4 nitrogen and oxygen atoms in total. The van der Waals surface area contributed by atoms with Gasteiger partial charge in [0.2, 0.25) is 5.91 Å². The Labute approximate surface area is 108 Å². The SMILES string of the molecule is CCC(C(=O)NCC(OC)OC)c1ccccc1. The molecular formula is C14H21NO3. The summed E-state index contributed by atoms with van der Waals surface area (Å²) >= 11 is 0. The lowest BCUT2D eigenvalue weighted by Gasteiger charge is -2.18. The number of carbonyl (C=O) groups is 1. The molecule has 0 aliphatic heterocycles. The summed E-state index contributed by atoms with van der Waals surface area (Å²) in [5.74, 6) is -0.122. The zero-order chi connectivity index (χ0) is 13.4. The molecule has 100 valence electrons. The highest BCUT2D eigenvalue weighted by Crippen LogP contribution is 2.19. The molecule has 18 heavy (non-hydrogen) atoms. The van der Waals surface area contributed by atoms with Gasteiger partial charge in [0.1, 0.15) is 0 Å². The summed E-state index contributed by atoms with van der Waals surface area (Å²) in [5.41, 5.74) is 1.03. The number of ether oxygens (including phenoxy) is 2. The Morgan fingerprint density at radius 3 is 2.33 bits per heavy atom. The van der Waals surface area contributed by atoms with E-state index < -0.39 is 6.29 Å². The van der Waals surface area contributed by atoms with E-state index in [2.05, 4.69) is 5.32 Å². The Hall–Kier alpha value is -1.39. The van der Waals surface area contributed by atoms with Crippen molar-refractivity contribution in [3.05, 3.63) is 35.9 Å². The van der Waals surface area contributed by atoms with E-state index in [1.165, 1.54) is 0 Å². The second-order valence-corrected chi connectivity index (χ2v) is 4.02. The van der Waals surface area contributed by atoms with Gasteiger partial charge in [-0.3, -0.25) is 4.79 Å². The van der Waals surface area contributed by atoms with Crippen molar-refractivity contribution >= 4 is 5.91 Å². The Balaban J connectivity index is 2.58. The van der Waals surface area contributed by atoms with E-state index in [-0.39, 0.29) is 11.8 Å². The van der Waals surface area contributed by atoms with E-state index in [9.17, 15) is 4.79 Å². The first-order chi connectivity index (χ1) is 8.72. The van der Waals surface area contributed by atoms with E-state index in [0.29, 0.717) is 6.54 Å². The van der Waals surface area contributed by atoms with Gasteiger partial charge in [-0.1, -0.05) is 37.3 Å². The van der Waals surface area contributed by atoms with Gasteiger partial charge in [-0.05, 0) is 12.0 Å². The fourth-order valence-electron chi connectivity index (χ4n) is 1.83. The van der Waals surface area contributed by atoms with Crippen LogP contribution in [-0.2, 0) is 14.3 Å². The van der Waals surface area contributed by atoms with Gasteiger partial charge < -0.3 is 14.8 Å².